The molecule has 2 aromatic carbocycles. The maximum atomic E-state index is 5.92. The Hall–Kier alpha value is -4.33. The van der Waals surface area contributed by atoms with Crippen LogP contribution in [0.15, 0.2) is 95.3 Å². The van der Waals surface area contributed by atoms with E-state index in [1.54, 1.807) is 18.7 Å². The van der Waals surface area contributed by atoms with Crippen molar-refractivity contribution in [2.75, 3.05) is 6.79 Å². The molecule has 0 saturated heterocycles. The molecule has 4 aromatic rings. The molecular weight excluding hydrogens is 456 g/mol. The molecule has 0 amide bonds. The van der Waals surface area contributed by atoms with Crippen LogP contribution in [0.25, 0.3) is 6.08 Å². The summed E-state index contributed by atoms with van der Waals surface area (Å²) in [5.74, 6) is 1.98. The van der Waals surface area contributed by atoms with Crippen molar-refractivity contribution in [1.82, 2.24) is 20.0 Å². The molecule has 184 valence electrons. The summed E-state index contributed by atoms with van der Waals surface area (Å²) in [6.45, 7) is 1.43. The average molecular weight is 485 g/mol. The van der Waals surface area contributed by atoms with Crippen LogP contribution in [0.3, 0.4) is 0 Å². The summed E-state index contributed by atoms with van der Waals surface area (Å²) >= 11 is 0. The summed E-state index contributed by atoms with van der Waals surface area (Å²) in [6.07, 6.45) is 12.6. The van der Waals surface area contributed by atoms with Crippen LogP contribution in [0.2, 0.25) is 0 Å². The third-order valence-electron chi connectivity index (χ3n) is 5.78. The smallest absolute Gasteiger partial charge is 0.230 e. The number of aryl methyl sites for hydroxylation is 2. The van der Waals surface area contributed by atoms with Gasteiger partial charge in [-0.05, 0) is 42.5 Å². The number of benzene rings is 2. The fraction of sp³-hybridized carbons (Fsp3) is 0.250. The summed E-state index contributed by atoms with van der Waals surface area (Å²) in [4.78, 5) is 4.56. The van der Waals surface area contributed by atoms with Gasteiger partial charge < -0.3 is 18.6 Å². The molecule has 0 saturated carbocycles. The second-order valence-electron chi connectivity index (χ2n) is 8.48. The number of oxazole rings is 1. The predicted octanol–water partition coefficient (Wildman–Crippen LogP) is 5.34. The zero-order chi connectivity index (χ0) is 24.4. The number of unbranched alkanes of at least 4 members (excludes halogenated alkanes) is 1. The Bertz CT molecular complexity index is 1280. The Morgan fingerprint density at radius 1 is 1.03 bits per heavy atom. The minimum atomic E-state index is 0.216. The van der Waals surface area contributed by atoms with Crippen LogP contribution >= 0.6 is 0 Å². The Morgan fingerprint density at radius 3 is 2.69 bits per heavy atom. The van der Waals surface area contributed by atoms with Gasteiger partial charge in [-0.3, -0.25) is 4.68 Å². The maximum Gasteiger partial charge on any atom is 0.230 e. The average Bonchev–Trinajstić information content (AvgIpc) is 3.70. The Labute approximate surface area is 209 Å². The van der Waals surface area contributed by atoms with Crippen LogP contribution in [0.5, 0.6) is 5.75 Å². The van der Waals surface area contributed by atoms with Crippen LogP contribution < -0.4 is 4.74 Å². The molecule has 0 atom stereocenters. The molecule has 0 N–H and O–H groups in total. The van der Waals surface area contributed by atoms with E-state index < -0.39 is 0 Å². The van der Waals surface area contributed by atoms with Crippen molar-refractivity contribution >= 4 is 6.08 Å². The minimum absolute atomic E-state index is 0.216. The molecule has 0 fully saturated rings. The fourth-order valence-electron chi connectivity index (χ4n) is 3.90. The molecule has 0 radical (unpaired) electrons. The van der Waals surface area contributed by atoms with E-state index in [4.69, 9.17) is 18.6 Å². The van der Waals surface area contributed by atoms with Crippen LogP contribution in [0.1, 0.15) is 35.6 Å². The summed E-state index contributed by atoms with van der Waals surface area (Å²) in [5, 5.41) is 7.82. The van der Waals surface area contributed by atoms with Gasteiger partial charge in [0.1, 0.15) is 30.6 Å². The monoisotopic (exact) mass is 484 g/mol. The minimum Gasteiger partial charge on any atom is -0.487 e. The first kappa shape index (κ1) is 23.4. The number of ether oxygens (including phenoxy) is 3. The molecular formula is C28H28N4O4. The predicted molar refractivity (Wildman–Crippen MR) is 133 cm³/mol. The molecule has 1 aliphatic rings. The van der Waals surface area contributed by atoms with Crippen molar-refractivity contribution in [2.24, 2.45) is 0 Å². The summed E-state index contributed by atoms with van der Waals surface area (Å²) in [6, 6.07) is 18.4. The lowest BCUT2D eigenvalue weighted by molar-refractivity contribution is 0.0830. The maximum absolute atomic E-state index is 5.92. The van der Waals surface area contributed by atoms with Gasteiger partial charge in [0.15, 0.2) is 5.76 Å². The molecule has 2 aromatic heterocycles. The van der Waals surface area contributed by atoms with Gasteiger partial charge in [0.2, 0.25) is 12.7 Å². The number of allylic oxidation sites excluding steroid dienone is 1. The molecule has 8 heteroatoms. The highest BCUT2D eigenvalue weighted by Crippen LogP contribution is 2.24. The highest BCUT2D eigenvalue weighted by Gasteiger charge is 2.15. The van der Waals surface area contributed by atoms with Gasteiger partial charge in [-0.15, -0.1) is 5.10 Å². The van der Waals surface area contributed by atoms with E-state index >= 15 is 0 Å². The second-order valence-corrected chi connectivity index (χ2v) is 8.48. The highest BCUT2D eigenvalue weighted by molar-refractivity contribution is 5.52. The number of nitrogens with zero attached hydrogens (tertiary/aromatic N) is 4. The number of aromatic nitrogens is 4. The van der Waals surface area contributed by atoms with Gasteiger partial charge in [-0.2, -0.15) is 0 Å². The lowest BCUT2D eigenvalue weighted by Gasteiger charge is -2.07. The zero-order valence-corrected chi connectivity index (χ0v) is 20.0. The van der Waals surface area contributed by atoms with E-state index in [0.717, 1.165) is 48.4 Å². The Morgan fingerprint density at radius 2 is 1.92 bits per heavy atom. The largest absolute Gasteiger partial charge is 0.487 e. The van der Waals surface area contributed by atoms with Crippen LogP contribution in [0, 0.1) is 0 Å². The van der Waals surface area contributed by atoms with Crippen molar-refractivity contribution < 1.29 is 18.6 Å². The number of hydrogen-bond acceptors (Lipinski definition) is 7. The van der Waals surface area contributed by atoms with Gasteiger partial charge in [0.25, 0.3) is 0 Å². The summed E-state index contributed by atoms with van der Waals surface area (Å²) in [5.41, 5.74) is 4.10. The van der Waals surface area contributed by atoms with Gasteiger partial charge >= 0.3 is 0 Å². The van der Waals surface area contributed by atoms with E-state index in [9.17, 15) is 0 Å². The third kappa shape index (κ3) is 6.63. The normalized spacial score (nSPS) is 13.2. The van der Waals surface area contributed by atoms with Crippen LogP contribution in [-0.2, 0) is 35.5 Å². The first-order valence-corrected chi connectivity index (χ1v) is 12.0. The molecule has 0 bridgehead atoms. The first-order valence-electron chi connectivity index (χ1n) is 12.0. The molecule has 1 aliphatic heterocycles. The molecule has 0 spiro atoms. The summed E-state index contributed by atoms with van der Waals surface area (Å²) < 4.78 is 24.3. The van der Waals surface area contributed by atoms with Gasteiger partial charge in [-0.25, -0.2) is 4.98 Å². The summed E-state index contributed by atoms with van der Waals surface area (Å²) in [7, 11) is 0. The van der Waals surface area contributed by atoms with Gasteiger partial charge in [-0.1, -0.05) is 47.7 Å². The number of hydrogen-bond donors (Lipinski definition) is 0. The van der Waals surface area contributed by atoms with Crippen molar-refractivity contribution in [2.45, 2.75) is 38.8 Å². The van der Waals surface area contributed by atoms with Crippen LogP contribution in [0.4, 0.5) is 0 Å². The van der Waals surface area contributed by atoms with Crippen molar-refractivity contribution in [3.8, 4) is 5.75 Å². The molecule has 8 nitrogen and oxygen atoms in total. The van der Waals surface area contributed by atoms with E-state index in [0.29, 0.717) is 24.7 Å². The fourth-order valence-corrected chi connectivity index (χ4v) is 3.90. The van der Waals surface area contributed by atoms with Gasteiger partial charge in [0, 0.05) is 30.8 Å². The Balaban J connectivity index is 1.13. The standard InChI is InChI=1S/C28H28N4O4/c1-2-7-23(8-3-1)16-24(27-20-33-21-36-27)17-28-30-25(19-35-28)18-34-26-11-9-22(10-12-26)6-4-5-14-32-15-13-29-31-32/h1-3,7-13,15,17,19-20H,4-6,14,16,18,21H2. The van der Waals surface area contributed by atoms with Crippen molar-refractivity contribution in [3.05, 3.63) is 114 Å². The van der Waals surface area contributed by atoms with Crippen molar-refractivity contribution in [1.29, 1.82) is 0 Å². The lowest BCUT2D eigenvalue weighted by Crippen LogP contribution is -1.99. The van der Waals surface area contributed by atoms with Crippen molar-refractivity contribution in [3.63, 3.8) is 0 Å². The van der Waals surface area contributed by atoms with E-state index in [2.05, 4.69) is 39.6 Å². The first-order chi connectivity index (χ1) is 17.8. The van der Waals surface area contributed by atoms with E-state index in [1.807, 2.05) is 47.3 Å². The molecule has 0 unspecified atom stereocenters. The topological polar surface area (TPSA) is 84.4 Å². The third-order valence-corrected chi connectivity index (χ3v) is 5.78. The SMILES string of the molecule is C(=C(Cc1ccccc1)C1=COCO1)c1nc(COc2ccc(CCCCn3ccnn3)cc2)co1. The second kappa shape index (κ2) is 11.9. The molecule has 36 heavy (non-hydrogen) atoms. The highest BCUT2D eigenvalue weighted by atomic mass is 16.7. The molecule has 5 rings (SSSR count). The van der Waals surface area contributed by atoms with Crippen LogP contribution in [-0.4, -0.2) is 26.8 Å². The number of rotatable bonds is 12. The van der Waals surface area contributed by atoms with E-state index in [-0.39, 0.29) is 6.79 Å². The molecule has 3 heterocycles. The Kier molecular flexibility index (Phi) is 7.73. The van der Waals surface area contributed by atoms with E-state index in [1.165, 1.54) is 5.56 Å². The van der Waals surface area contributed by atoms with Gasteiger partial charge in [0.05, 0.1) is 6.20 Å². The molecule has 0 aliphatic carbocycles. The lowest BCUT2D eigenvalue weighted by atomic mass is 10.0. The quantitative estimate of drug-likeness (QED) is 0.251. The zero-order valence-electron chi connectivity index (χ0n) is 20.0.